The smallest absolute Gasteiger partial charge is 0.329 e. The van der Waals surface area contributed by atoms with E-state index in [-0.39, 0.29) is 24.8 Å². The van der Waals surface area contributed by atoms with Crippen LogP contribution in [-0.4, -0.2) is 68.1 Å². The molecule has 2 aliphatic rings. The largest absolute Gasteiger partial charge is 0.493 e. The molecule has 27 heavy (non-hydrogen) atoms. The SMILES string of the molecule is COc1cccc([C@H]2CCN(C(=O)NC3(C(=O)O)CCOCC3)C2)c1OC. The molecule has 3 rings (SSSR count). The third-order valence-electron chi connectivity index (χ3n) is 5.45. The lowest BCUT2D eigenvalue weighted by molar-refractivity contribution is -0.148. The van der Waals surface area contributed by atoms with Gasteiger partial charge in [-0.05, 0) is 12.5 Å². The number of nitrogens with one attached hydrogen (secondary N) is 1. The summed E-state index contributed by atoms with van der Waals surface area (Å²) in [7, 11) is 3.19. The Labute approximate surface area is 158 Å². The Balaban J connectivity index is 1.71. The number of para-hydroxylation sites is 1. The number of methoxy groups -OCH3 is 2. The van der Waals surface area contributed by atoms with Crippen molar-refractivity contribution in [1.82, 2.24) is 10.2 Å². The highest BCUT2D eigenvalue weighted by atomic mass is 16.5. The monoisotopic (exact) mass is 378 g/mol. The van der Waals surface area contributed by atoms with Crippen molar-refractivity contribution in [2.45, 2.75) is 30.7 Å². The van der Waals surface area contributed by atoms with Gasteiger partial charge in [-0.2, -0.15) is 0 Å². The maximum Gasteiger partial charge on any atom is 0.329 e. The van der Waals surface area contributed by atoms with Crippen LogP contribution in [0.25, 0.3) is 0 Å². The summed E-state index contributed by atoms with van der Waals surface area (Å²) in [6.45, 7) is 1.72. The molecule has 1 aromatic carbocycles. The van der Waals surface area contributed by atoms with E-state index in [1.165, 1.54) is 0 Å². The fourth-order valence-electron chi connectivity index (χ4n) is 3.83. The molecule has 1 aromatic rings. The van der Waals surface area contributed by atoms with Crippen LogP contribution in [0.1, 0.15) is 30.7 Å². The molecule has 2 aliphatic heterocycles. The van der Waals surface area contributed by atoms with Crippen molar-refractivity contribution >= 4 is 12.0 Å². The standard InChI is InChI=1S/C19H26N2O6/c1-25-15-5-3-4-14(16(15)26-2)13-6-9-21(12-13)18(24)20-19(17(22)23)7-10-27-11-8-19/h3-5,13H,6-12H2,1-2H3,(H,20,24)(H,22,23)/t13-/m0/s1. The van der Waals surface area contributed by atoms with Crippen molar-refractivity contribution in [3.05, 3.63) is 23.8 Å². The molecule has 0 unspecified atom stereocenters. The first-order valence-corrected chi connectivity index (χ1v) is 9.10. The summed E-state index contributed by atoms with van der Waals surface area (Å²) < 4.78 is 16.1. The van der Waals surface area contributed by atoms with Gasteiger partial charge in [-0.1, -0.05) is 12.1 Å². The van der Waals surface area contributed by atoms with Crippen molar-refractivity contribution in [3.63, 3.8) is 0 Å². The van der Waals surface area contributed by atoms with E-state index in [4.69, 9.17) is 14.2 Å². The van der Waals surface area contributed by atoms with Crippen LogP contribution in [0.5, 0.6) is 11.5 Å². The van der Waals surface area contributed by atoms with Crippen molar-refractivity contribution in [2.75, 3.05) is 40.5 Å². The highest BCUT2D eigenvalue weighted by Crippen LogP contribution is 2.39. The first-order valence-electron chi connectivity index (χ1n) is 9.10. The summed E-state index contributed by atoms with van der Waals surface area (Å²) in [6, 6.07) is 5.37. The zero-order valence-corrected chi connectivity index (χ0v) is 15.7. The van der Waals surface area contributed by atoms with E-state index in [2.05, 4.69) is 5.32 Å². The second-order valence-electron chi connectivity index (χ2n) is 6.94. The lowest BCUT2D eigenvalue weighted by Gasteiger charge is -2.35. The van der Waals surface area contributed by atoms with E-state index in [0.717, 1.165) is 12.0 Å². The van der Waals surface area contributed by atoms with Gasteiger partial charge in [0.2, 0.25) is 0 Å². The van der Waals surface area contributed by atoms with Gasteiger partial charge in [0.05, 0.1) is 14.2 Å². The number of rotatable bonds is 5. The summed E-state index contributed by atoms with van der Waals surface area (Å²) in [5.74, 6) is 0.435. The minimum absolute atomic E-state index is 0.108. The molecule has 148 valence electrons. The van der Waals surface area contributed by atoms with E-state index < -0.39 is 11.5 Å². The lowest BCUT2D eigenvalue weighted by Crippen LogP contribution is -2.60. The van der Waals surface area contributed by atoms with Crippen LogP contribution < -0.4 is 14.8 Å². The molecule has 8 heteroatoms. The maximum atomic E-state index is 12.7. The van der Waals surface area contributed by atoms with Crippen LogP contribution in [0.15, 0.2) is 18.2 Å². The first-order chi connectivity index (χ1) is 13.0. The van der Waals surface area contributed by atoms with E-state index in [9.17, 15) is 14.7 Å². The average Bonchev–Trinajstić information content (AvgIpc) is 3.18. The number of hydrogen-bond acceptors (Lipinski definition) is 5. The number of benzene rings is 1. The molecule has 2 N–H and O–H groups in total. The van der Waals surface area contributed by atoms with Gasteiger partial charge in [-0.15, -0.1) is 0 Å². The van der Waals surface area contributed by atoms with Crippen LogP contribution in [0, 0.1) is 0 Å². The molecule has 2 heterocycles. The molecule has 0 saturated carbocycles. The van der Waals surface area contributed by atoms with E-state index in [0.29, 0.717) is 37.8 Å². The molecule has 1 atom stereocenters. The lowest BCUT2D eigenvalue weighted by atomic mass is 9.90. The van der Waals surface area contributed by atoms with Gasteiger partial charge >= 0.3 is 12.0 Å². The molecule has 2 fully saturated rings. The number of carbonyl (C=O) groups excluding carboxylic acids is 1. The minimum atomic E-state index is -1.25. The molecule has 8 nitrogen and oxygen atoms in total. The molecule has 2 amide bonds. The number of urea groups is 1. The Hall–Kier alpha value is -2.48. The number of carboxylic acids is 1. The zero-order valence-electron chi connectivity index (χ0n) is 15.7. The van der Waals surface area contributed by atoms with Crippen molar-refractivity contribution in [1.29, 1.82) is 0 Å². The number of carbonyl (C=O) groups is 2. The van der Waals surface area contributed by atoms with Crippen LogP contribution in [0.3, 0.4) is 0 Å². The highest BCUT2D eigenvalue weighted by molar-refractivity contribution is 5.86. The zero-order chi connectivity index (χ0) is 19.4. The van der Waals surface area contributed by atoms with Gasteiger partial charge in [0.15, 0.2) is 11.5 Å². The Kier molecular flexibility index (Phi) is 5.74. The predicted octanol–water partition coefficient (Wildman–Crippen LogP) is 1.84. The second-order valence-corrected chi connectivity index (χ2v) is 6.94. The van der Waals surface area contributed by atoms with Crippen LogP contribution in [0.2, 0.25) is 0 Å². The third kappa shape index (κ3) is 3.80. The molecule has 0 bridgehead atoms. The first kappa shape index (κ1) is 19.3. The molecular formula is C19H26N2O6. The molecule has 0 spiro atoms. The van der Waals surface area contributed by atoms with E-state index >= 15 is 0 Å². The summed E-state index contributed by atoms with van der Waals surface area (Å²) in [4.78, 5) is 26.2. The number of nitrogens with zero attached hydrogens (tertiary/aromatic N) is 1. The number of aliphatic carboxylic acids is 1. The third-order valence-corrected chi connectivity index (χ3v) is 5.45. The number of amides is 2. The Morgan fingerprint density at radius 3 is 2.63 bits per heavy atom. The van der Waals surface area contributed by atoms with Crippen molar-refractivity contribution in [3.8, 4) is 11.5 Å². The van der Waals surface area contributed by atoms with Gasteiger partial charge in [-0.25, -0.2) is 9.59 Å². The van der Waals surface area contributed by atoms with E-state index in [1.807, 2.05) is 18.2 Å². The number of ether oxygens (including phenoxy) is 3. The molecular weight excluding hydrogens is 352 g/mol. The Morgan fingerprint density at radius 2 is 2.00 bits per heavy atom. The normalized spacial score (nSPS) is 21.6. The fourth-order valence-corrected chi connectivity index (χ4v) is 3.83. The van der Waals surface area contributed by atoms with Gasteiger partial charge in [0.25, 0.3) is 0 Å². The second kappa shape index (κ2) is 8.04. The Morgan fingerprint density at radius 1 is 1.26 bits per heavy atom. The predicted molar refractivity (Wildman–Crippen MR) is 97.4 cm³/mol. The summed E-state index contributed by atoms with van der Waals surface area (Å²) in [5.41, 5.74) is -0.257. The highest BCUT2D eigenvalue weighted by Gasteiger charge is 2.43. The van der Waals surface area contributed by atoms with Gasteiger partial charge < -0.3 is 29.5 Å². The molecule has 0 aromatic heterocycles. The average molecular weight is 378 g/mol. The Bertz CT molecular complexity index is 701. The number of likely N-dealkylation sites (tertiary alicyclic amines) is 1. The van der Waals surface area contributed by atoms with Crippen LogP contribution >= 0.6 is 0 Å². The summed E-state index contributed by atoms with van der Waals surface area (Å²) in [5, 5.41) is 12.4. The van der Waals surface area contributed by atoms with Crippen LogP contribution in [0.4, 0.5) is 4.79 Å². The van der Waals surface area contributed by atoms with Gasteiger partial charge in [0, 0.05) is 50.6 Å². The number of hydrogen-bond donors (Lipinski definition) is 2. The quantitative estimate of drug-likeness (QED) is 0.811. The van der Waals surface area contributed by atoms with Crippen LogP contribution in [-0.2, 0) is 9.53 Å². The van der Waals surface area contributed by atoms with Crippen molar-refractivity contribution < 1.29 is 28.9 Å². The van der Waals surface area contributed by atoms with Gasteiger partial charge in [0.1, 0.15) is 5.54 Å². The summed E-state index contributed by atoms with van der Waals surface area (Å²) in [6.07, 6.45) is 1.32. The molecule has 0 aliphatic carbocycles. The van der Waals surface area contributed by atoms with E-state index in [1.54, 1.807) is 19.1 Å². The fraction of sp³-hybridized carbons (Fsp3) is 0.579. The number of carboxylic acid groups (broad SMARTS) is 1. The maximum absolute atomic E-state index is 12.7. The van der Waals surface area contributed by atoms with Crippen molar-refractivity contribution in [2.24, 2.45) is 0 Å². The topological polar surface area (TPSA) is 97.3 Å². The van der Waals surface area contributed by atoms with Gasteiger partial charge in [-0.3, -0.25) is 0 Å². The summed E-state index contributed by atoms with van der Waals surface area (Å²) >= 11 is 0. The molecule has 2 saturated heterocycles. The molecule has 0 radical (unpaired) electrons. The minimum Gasteiger partial charge on any atom is -0.493 e.